The van der Waals surface area contributed by atoms with Gasteiger partial charge in [0.05, 0.1) is 0 Å². The number of hydrogen-bond acceptors (Lipinski definition) is 1. The summed E-state index contributed by atoms with van der Waals surface area (Å²) in [5.41, 5.74) is 0. The molecule has 0 atom stereocenters. The van der Waals surface area contributed by atoms with E-state index in [9.17, 15) is 25.2 Å². The number of unbranched alkanes of at least 4 members (excludes halogenated alkanes) is 3. The molecule has 0 radical (unpaired) electrons. The number of halogens is 6. The van der Waals surface area contributed by atoms with E-state index in [0.29, 0.717) is 0 Å². The minimum Gasteiger partial charge on any atom is 1.00 e. The summed E-state index contributed by atoms with van der Waals surface area (Å²) in [6.45, 7) is 4.58. The zero-order valence-corrected chi connectivity index (χ0v) is 11.6. The molecule has 0 N–H and O–H groups in total. The Labute approximate surface area is 110 Å². The Morgan fingerprint density at radius 1 is 1.00 bits per heavy atom. The molecule has 1 heterocycles. The summed E-state index contributed by atoms with van der Waals surface area (Å²) in [4.78, 5) is 2.37. The van der Waals surface area contributed by atoms with Crippen molar-refractivity contribution in [1.29, 1.82) is 0 Å². The van der Waals surface area contributed by atoms with Crippen LogP contribution in [0.15, 0.2) is 24.4 Å². The van der Waals surface area contributed by atoms with Gasteiger partial charge in [-0.3, -0.25) is 0 Å². The molecule has 0 spiro atoms. The predicted octanol–water partition coefficient (Wildman–Crippen LogP) is 6.45. The summed E-state index contributed by atoms with van der Waals surface area (Å²) in [6.07, 6.45) is 14.1. The van der Waals surface area contributed by atoms with Gasteiger partial charge in [-0.05, 0) is 18.7 Å². The van der Waals surface area contributed by atoms with Crippen molar-refractivity contribution in [1.82, 2.24) is 4.90 Å². The maximum Gasteiger partial charge on any atom is 1.00 e. The Balaban J connectivity index is 0. The first kappa shape index (κ1) is 18.3. The van der Waals surface area contributed by atoms with E-state index < -0.39 is 7.81 Å². The molecule has 0 aliphatic carbocycles. The Morgan fingerprint density at radius 3 is 2.00 bits per heavy atom. The Morgan fingerprint density at radius 2 is 1.58 bits per heavy atom. The second kappa shape index (κ2) is 6.16. The predicted molar refractivity (Wildman–Crippen MR) is 68.7 cm³/mol. The van der Waals surface area contributed by atoms with Gasteiger partial charge in [-0.25, -0.2) is 0 Å². The Hall–Kier alpha value is -0.710. The van der Waals surface area contributed by atoms with E-state index >= 15 is 0 Å². The monoisotopic (exact) mass is 311 g/mol. The fraction of sp³-hybridized carbons (Fsp3) is 0.636. The average molecular weight is 311 g/mol. The number of nitrogens with zero attached hydrogens (tertiary/aromatic N) is 1. The zero-order chi connectivity index (χ0) is 15.1. The van der Waals surface area contributed by atoms with E-state index in [1.54, 1.807) is 0 Å². The molecule has 0 aromatic heterocycles. The zero-order valence-electron chi connectivity index (χ0n) is 11.7. The minimum atomic E-state index is -10.7. The van der Waals surface area contributed by atoms with E-state index in [2.05, 4.69) is 36.3 Å². The van der Waals surface area contributed by atoms with Crippen LogP contribution in [0.4, 0.5) is 25.2 Å². The maximum absolute atomic E-state index is 10.7. The van der Waals surface area contributed by atoms with Crippen LogP contribution in [0.1, 0.15) is 34.0 Å². The van der Waals surface area contributed by atoms with Crippen molar-refractivity contribution in [3.05, 3.63) is 24.4 Å². The van der Waals surface area contributed by atoms with Crippen LogP contribution >= 0.6 is 7.81 Å². The van der Waals surface area contributed by atoms with E-state index in [-0.39, 0.29) is 1.43 Å². The quantitative estimate of drug-likeness (QED) is 0.320. The normalized spacial score (nSPS) is 18.4. The number of allylic oxidation sites excluding steroid dienone is 2. The molecule has 0 saturated heterocycles. The molecule has 0 fully saturated rings. The van der Waals surface area contributed by atoms with Crippen LogP contribution in [0.25, 0.3) is 0 Å². The van der Waals surface area contributed by atoms with Gasteiger partial charge in [0.15, 0.2) is 0 Å². The minimum absolute atomic E-state index is 0. The molecule has 1 aliphatic heterocycles. The van der Waals surface area contributed by atoms with E-state index in [4.69, 9.17) is 0 Å². The fourth-order valence-electron chi connectivity index (χ4n) is 1.41. The third-order valence-electron chi connectivity index (χ3n) is 2.18. The standard InChI is InChI=1S/C11H19N.F6P/c1-2-3-4-6-9-12-10-7-5-8-11-12;1-7(2,3,4,5)6/h5,7-8,10H,2-4,6,9,11H2,1H3;/q;-1/p+1. The molecule has 0 aromatic rings. The molecule has 0 amide bonds. The summed E-state index contributed by atoms with van der Waals surface area (Å²) >= 11 is 0. The first-order chi connectivity index (χ1) is 8.38. The summed E-state index contributed by atoms with van der Waals surface area (Å²) in [5.74, 6) is 0. The molecule has 0 unspecified atom stereocenters. The van der Waals surface area contributed by atoms with E-state index in [1.165, 1.54) is 32.2 Å². The van der Waals surface area contributed by atoms with Gasteiger partial charge in [-0.2, -0.15) is 0 Å². The van der Waals surface area contributed by atoms with E-state index in [1.807, 2.05) is 0 Å². The second-order valence-electron chi connectivity index (χ2n) is 4.28. The smallest absolute Gasteiger partial charge is 1.00 e. The second-order valence-corrected chi connectivity index (χ2v) is 6.20. The molecule has 1 nitrogen and oxygen atoms in total. The van der Waals surface area contributed by atoms with Crippen molar-refractivity contribution < 1.29 is 26.6 Å². The molecule has 116 valence electrons. The molecular formula is C11H20F6NP. The summed E-state index contributed by atoms with van der Waals surface area (Å²) in [5, 5.41) is 0. The van der Waals surface area contributed by atoms with Gasteiger partial charge in [-0.1, -0.05) is 38.3 Å². The van der Waals surface area contributed by atoms with Crippen LogP contribution in [0.2, 0.25) is 0 Å². The van der Waals surface area contributed by atoms with Crippen molar-refractivity contribution in [2.24, 2.45) is 0 Å². The largest absolute Gasteiger partial charge is 1.00 e. The SMILES string of the molecule is CCCCCCN1C=CC=CC1.F[P-](F)(F)(F)(F)F.[H+]. The van der Waals surface area contributed by atoms with Gasteiger partial charge >= 0.3 is 34.4 Å². The van der Waals surface area contributed by atoms with Crippen molar-refractivity contribution in [2.75, 3.05) is 13.1 Å². The number of rotatable bonds is 5. The van der Waals surface area contributed by atoms with Gasteiger partial charge in [0, 0.05) is 13.1 Å². The third kappa shape index (κ3) is 22.9. The van der Waals surface area contributed by atoms with Gasteiger partial charge in [-0.15, -0.1) is 0 Å². The van der Waals surface area contributed by atoms with Crippen LogP contribution in [0.3, 0.4) is 0 Å². The van der Waals surface area contributed by atoms with Gasteiger partial charge in [0.2, 0.25) is 0 Å². The van der Waals surface area contributed by atoms with Gasteiger partial charge in [0.25, 0.3) is 0 Å². The van der Waals surface area contributed by atoms with Crippen LogP contribution in [-0.2, 0) is 0 Å². The van der Waals surface area contributed by atoms with Gasteiger partial charge in [0.1, 0.15) is 0 Å². The molecule has 1 rings (SSSR count). The van der Waals surface area contributed by atoms with Crippen molar-refractivity contribution >= 4 is 7.81 Å². The Kier molecular flexibility index (Phi) is 5.93. The summed E-state index contributed by atoms with van der Waals surface area (Å²) < 4.78 is 59.2. The van der Waals surface area contributed by atoms with Crippen molar-refractivity contribution in [2.45, 2.75) is 32.6 Å². The molecule has 1 aliphatic rings. The fourth-order valence-corrected chi connectivity index (χ4v) is 1.41. The van der Waals surface area contributed by atoms with Crippen LogP contribution < -0.4 is 0 Å². The molecule has 8 heteroatoms. The molecule has 19 heavy (non-hydrogen) atoms. The van der Waals surface area contributed by atoms with E-state index in [0.717, 1.165) is 6.54 Å². The third-order valence-corrected chi connectivity index (χ3v) is 2.18. The molecule has 0 aromatic carbocycles. The van der Waals surface area contributed by atoms with Crippen molar-refractivity contribution in [3.63, 3.8) is 0 Å². The van der Waals surface area contributed by atoms with Gasteiger partial charge < -0.3 is 4.90 Å². The summed E-state index contributed by atoms with van der Waals surface area (Å²) in [6, 6.07) is 0. The van der Waals surface area contributed by atoms with Crippen LogP contribution in [0.5, 0.6) is 0 Å². The molecular weight excluding hydrogens is 291 g/mol. The summed E-state index contributed by atoms with van der Waals surface area (Å²) in [7, 11) is -10.7. The maximum atomic E-state index is 9.87. The molecule has 0 bridgehead atoms. The number of hydrogen-bond donors (Lipinski definition) is 0. The first-order valence-electron chi connectivity index (χ1n) is 6.02. The van der Waals surface area contributed by atoms with Crippen LogP contribution in [-0.4, -0.2) is 18.0 Å². The first-order valence-corrected chi connectivity index (χ1v) is 8.05. The topological polar surface area (TPSA) is 3.24 Å². The van der Waals surface area contributed by atoms with Crippen LogP contribution in [0, 0.1) is 0 Å². The Bertz CT molecular complexity index is 312. The molecule has 0 saturated carbocycles. The van der Waals surface area contributed by atoms with Crippen molar-refractivity contribution in [3.8, 4) is 0 Å². The average Bonchev–Trinajstić information content (AvgIpc) is 2.22.